The van der Waals surface area contributed by atoms with Crippen LogP contribution in [0.4, 0.5) is 8.78 Å². The lowest BCUT2D eigenvalue weighted by Crippen LogP contribution is -2.55. The number of sulfonamides is 1. The van der Waals surface area contributed by atoms with Gasteiger partial charge in [0.1, 0.15) is 16.9 Å². The van der Waals surface area contributed by atoms with Gasteiger partial charge in [-0.3, -0.25) is 0 Å². The van der Waals surface area contributed by atoms with Crippen LogP contribution in [0, 0.1) is 23.0 Å². The van der Waals surface area contributed by atoms with Crippen molar-refractivity contribution < 1.29 is 26.7 Å². The Balaban J connectivity index is 1.49. The highest BCUT2D eigenvalue weighted by atomic mass is 32.2. The van der Waals surface area contributed by atoms with Crippen LogP contribution in [0.5, 0.6) is 0 Å². The van der Waals surface area contributed by atoms with Gasteiger partial charge in [0.2, 0.25) is 15.9 Å². The van der Waals surface area contributed by atoms with Gasteiger partial charge in [-0.05, 0) is 50.3 Å². The number of nitriles is 1. The molecule has 1 saturated carbocycles. The maximum absolute atomic E-state index is 15.6. The van der Waals surface area contributed by atoms with Crippen molar-refractivity contribution in [1.29, 1.82) is 5.26 Å². The van der Waals surface area contributed by atoms with E-state index in [2.05, 4.69) is 10.2 Å². The fourth-order valence-corrected chi connectivity index (χ4v) is 8.02. The van der Waals surface area contributed by atoms with E-state index in [-0.39, 0.29) is 42.8 Å². The standard InChI is InChI=1S/C26H26F2N4O5S/c1-16-7-8-22(17-5-3-2-4-6-17)38(35,36)32(16)13-18-11-21(28)19(12-20(18)27)26(23-30-31-24(33)37-23)14-25(34,15-26)9-10-29/h2-6,11-12,16,22,34H,7-9,13-15H2,1H3,(H,31,33). The second-order valence-corrected chi connectivity index (χ2v) is 12.3. The quantitative estimate of drug-likeness (QED) is 0.485. The molecule has 1 aliphatic heterocycles. The third-order valence-electron chi connectivity index (χ3n) is 7.69. The number of aromatic nitrogens is 2. The van der Waals surface area contributed by atoms with E-state index >= 15 is 8.78 Å². The molecule has 1 aliphatic carbocycles. The van der Waals surface area contributed by atoms with Crippen LogP contribution in [-0.2, 0) is 22.0 Å². The van der Waals surface area contributed by atoms with E-state index < -0.39 is 49.7 Å². The Morgan fingerprint density at radius 1 is 1.21 bits per heavy atom. The lowest BCUT2D eigenvalue weighted by molar-refractivity contribution is -0.0819. The van der Waals surface area contributed by atoms with Crippen LogP contribution in [-0.4, -0.2) is 39.7 Å². The molecular formula is C26H26F2N4O5S. The number of H-pyrrole nitrogens is 1. The summed E-state index contributed by atoms with van der Waals surface area (Å²) in [7, 11) is -3.87. The minimum atomic E-state index is -3.87. The highest BCUT2D eigenvalue weighted by molar-refractivity contribution is 7.89. The summed E-state index contributed by atoms with van der Waals surface area (Å²) in [4.78, 5) is 11.6. The van der Waals surface area contributed by atoms with E-state index in [1.165, 1.54) is 4.31 Å². The fourth-order valence-electron chi connectivity index (χ4n) is 5.83. The maximum atomic E-state index is 15.6. The smallest absolute Gasteiger partial charge is 0.391 e. The molecule has 2 fully saturated rings. The van der Waals surface area contributed by atoms with Crippen molar-refractivity contribution in [2.75, 3.05) is 0 Å². The molecule has 2 aliphatic rings. The molecule has 2 aromatic carbocycles. The Kier molecular flexibility index (Phi) is 6.49. The number of nitrogens with zero attached hydrogens (tertiary/aromatic N) is 3. The molecule has 2 unspecified atom stereocenters. The Labute approximate surface area is 217 Å². The second kappa shape index (κ2) is 9.41. The van der Waals surface area contributed by atoms with Gasteiger partial charge < -0.3 is 9.52 Å². The topological polar surface area (TPSA) is 140 Å². The average molecular weight is 545 g/mol. The minimum Gasteiger partial charge on any atom is -0.391 e. The minimum absolute atomic E-state index is 0.152. The molecule has 0 bridgehead atoms. The molecule has 2 atom stereocenters. The van der Waals surface area contributed by atoms with Crippen LogP contribution in [0.1, 0.15) is 66.9 Å². The zero-order valence-electron chi connectivity index (χ0n) is 20.5. The first-order chi connectivity index (χ1) is 18.0. The number of nitrogens with one attached hydrogen (secondary N) is 1. The summed E-state index contributed by atoms with van der Waals surface area (Å²) in [6.07, 6.45) is 0.294. The van der Waals surface area contributed by atoms with Crippen molar-refractivity contribution in [3.8, 4) is 6.07 Å². The SMILES string of the molecule is CC1CCC(c2ccccc2)S(=O)(=O)N1Cc1cc(F)c(C2(c3n[nH]c(=O)o3)CC(O)(CC#N)C2)cc1F. The maximum Gasteiger partial charge on any atom is 0.434 e. The van der Waals surface area contributed by atoms with Crippen molar-refractivity contribution in [3.63, 3.8) is 0 Å². The van der Waals surface area contributed by atoms with Crippen LogP contribution >= 0.6 is 0 Å². The first-order valence-corrected chi connectivity index (χ1v) is 13.7. The van der Waals surface area contributed by atoms with Gasteiger partial charge >= 0.3 is 5.76 Å². The van der Waals surface area contributed by atoms with Gasteiger partial charge in [-0.1, -0.05) is 30.3 Å². The molecule has 9 nitrogen and oxygen atoms in total. The molecule has 1 aromatic heterocycles. The molecule has 0 spiro atoms. The molecule has 5 rings (SSSR count). The number of aliphatic hydroxyl groups is 1. The van der Waals surface area contributed by atoms with Crippen LogP contribution in [0.2, 0.25) is 0 Å². The summed E-state index contributed by atoms with van der Waals surface area (Å²) in [6.45, 7) is 1.37. The normalized spacial score (nSPS) is 28.9. The van der Waals surface area contributed by atoms with E-state index in [1.54, 1.807) is 37.3 Å². The lowest BCUT2D eigenvalue weighted by Gasteiger charge is -2.50. The van der Waals surface area contributed by atoms with Crippen molar-refractivity contribution in [2.45, 2.75) is 67.9 Å². The third-order valence-corrected chi connectivity index (χ3v) is 10.1. The lowest BCUT2D eigenvalue weighted by atomic mass is 9.55. The predicted octanol–water partition coefficient (Wildman–Crippen LogP) is 3.42. The number of benzene rings is 2. The van der Waals surface area contributed by atoms with Crippen molar-refractivity contribution in [2.24, 2.45) is 0 Å². The van der Waals surface area contributed by atoms with E-state index in [9.17, 15) is 18.3 Å². The number of halogens is 2. The highest BCUT2D eigenvalue weighted by Gasteiger charge is 2.60. The van der Waals surface area contributed by atoms with Crippen molar-refractivity contribution in [3.05, 3.63) is 87.2 Å². The van der Waals surface area contributed by atoms with Gasteiger partial charge in [0, 0.05) is 23.7 Å². The van der Waals surface area contributed by atoms with Crippen molar-refractivity contribution >= 4 is 10.0 Å². The number of hydrogen-bond donors (Lipinski definition) is 2. The summed E-state index contributed by atoms with van der Waals surface area (Å²) in [5.74, 6) is -2.84. The second-order valence-electron chi connectivity index (χ2n) is 10.3. The van der Waals surface area contributed by atoms with E-state index in [0.29, 0.717) is 18.4 Å². The third kappa shape index (κ3) is 4.34. The zero-order chi connectivity index (χ0) is 27.3. The molecule has 3 aromatic rings. The van der Waals surface area contributed by atoms with Gasteiger partial charge in [0.15, 0.2) is 0 Å². The Morgan fingerprint density at radius 2 is 1.92 bits per heavy atom. The van der Waals surface area contributed by atoms with E-state index in [0.717, 1.165) is 12.1 Å². The Morgan fingerprint density at radius 3 is 2.55 bits per heavy atom. The number of aromatic amines is 1. The zero-order valence-corrected chi connectivity index (χ0v) is 21.3. The summed E-state index contributed by atoms with van der Waals surface area (Å²) in [5.41, 5.74) is -2.67. The number of hydrogen-bond acceptors (Lipinski definition) is 7. The monoisotopic (exact) mass is 544 g/mol. The molecule has 1 saturated heterocycles. The summed E-state index contributed by atoms with van der Waals surface area (Å²) in [5, 5.41) is 24.8. The fraction of sp³-hybridized carbons (Fsp3) is 0.423. The molecule has 38 heavy (non-hydrogen) atoms. The van der Waals surface area contributed by atoms with Crippen LogP contribution in [0.15, 0.2) is 51.7 Å². The summed E-state index contributed by atoms with van der Waals surface area (Å²) in [6, 6.07) is 12.1. The largest absolute Gasteiger partial charge is 0.434 e. The van der Waals surface area contributed by atoms with Gasteiger partial charge in [-0.25, -0.2) is 27.1 Å². The van der Waals surface area contributed by atoms with Gasteiger partial charge in [-0.15, -0.1) is 5.10 Å². The first-order valence-electron chi connectivity index (χ1n) is 12.2. The van der Waals surface area contributed by atoms with Crippen molar-refractivity contribution in [1.82, 2.24) is 14.5 Å². The Hall–Kier alpha value is -3.40. The Bertz CT molecular complexity index is 1560. The van der Waals surface area contributed by atoms with Crippen LogP contribution < -0.4 is 5.76 Å². The molecular weight excluding hydrogens is 518 g/mol. The average Bonchev–Trinajstić information content (AvgIpc) is 3.29. The summed E-state index contributed by atoms with van der Waals surface area (Å²) >= 11 is 0. The van der Waals surface area contributed by atoms with E-state index in [1.807, 2.05) is 6.07 Å². The van der Waals surface area contributed by atoms with Gasteiger partial charge in [0.05, 0.1) is 23.5 Å². The van der Waals surface area contributed by atoms with Gasteiger partial charge in [0.25, 0.3) is 0 Å². The molecule has 2 heterocycles. The highest BCUT2D eigenvalue weighted by Crippen LogP contribution is 2.55. The predicted molar refractivity (Wildman–Crippen MR) is 131 cm³/mol. The van der Waals surface area contributed by atoms with Crippen LogP contribution in [0.3, 0.4) is 0 Å². The van der Waals surface area contributed by atoms with Gasteiger partial charge in [-0.2, -0.15) is 9.57 Å². The summed E-state index contributed by atoms with van der Waals surface area (Å²) < 4.78 is 64.5. The molecule has 0 amide bonds. The molecule has 12 heteroatoms. The molecule has 2 N–H and O–H groups in total. The molecule has 200 valence electrons. The van der Waals surface area contributed by atoms with E-state index in [4.69, 9.17) is 9.68 Å². The first kappa shape index (κ1) is 26.2. The number of rotatable bonds is 6. The molecule has 0 radical (unpaired) electrons. The van der Waals surface area contributed by atoms with Crippen LogP contribution in [0.25, 0.3) is 0 Å².